The van der Waals surface area contributed by atoms with Crippen LogP contribution in [0.4, 0.5) is 5.69 Å². The van der Waals surface area contributed by atoms with E-state index in [-0.39, 0.29) is 30.4 Å². The molecule has 0 radical (unpaired) electrons. The first-order valence-corrected chi connectivity index (χ1v) is 6.86. The number of hydrogen-bond donors (Lipinski definition) is 1. The van der Waals surface area contributed by atoms with E-state index in [1.165, 1.54) is 10.9 Å². The minimum Gasteiger partial charge on any atom is -0.461 e. The van der Waals surface area contributed by atoms with Crippen molar-refractivity contribution in [1.82, 2.24) is 14.7 Å². The molecular weight excluding hydrogens is 260 g/mol. The molecule has 1 aliphatic rings. The summed E-state index contributed by atoms with van der Waals surface area (Å²) >= 11 is 0. The number of amides is 1. The van der Waals surface area contributed by atoms with Crippen molar-refractivity contribution in [2.75, 3.05) is 18.9 Å². The number of anilines is 1. The van der Waals surface area contributed by atoms with Gasteiger partial charge in [0.1, 0.15) is 6.54 Å². The average Bonchev–Trinajstić information content (AvgIpc) is 3.15. The van der Waals surface area contributed by atoms with Crippen LogP contribution in [-0.2, 0) is 16.1 Å². The molecule has 0 saturated heterocycles. The maximum Gasteiger partial charge on any atom is 0.361 e. The summed E-state index contributed by atoms with van der Waals surface area (Å²) in [6.07, 6.45) is 3.62. The van der Waals surface area contributed by atoms with E-state index in [0.717, 1.165) is 12.8 Å². The Labute approximate surface area is 117 Å². The van der Waals surface area contributed by atoms with Gasteiger partial charge in [-0.05, 0) is 26.7 Å². The average molecular weight is 280 g/mol. The van der Waals surface area contributed by atoms with Crippen LogP contribution in [0.3, 0.4) is 0 Å². The number of nitrogens with two attached hydrogens (primary N) is 1. The molecule has 0 atom stereocenters. The summed E-state index contributed by atoms with van der Waals surface area (Å²) in [5.41, 5.74) is 6.01. The molecule has 110 valence electrons. The van der Waals surface area contributed by atoms with Crippen LogP contribution in [0.2, 0.25) is 0 Å². The number of carbonyl (C=O) groups is 2. The highest BCUT2D eigenvalue weighted by molar-refractivity contribution is 5.92. The number of ether oxygens (including phenoxy) is 1. The van der Waals surface area contributed by atoms with Crippen LogP contribution >= 0.6 is 0 Å². The number of nitrogens with zero attached hydrogens (tertiary/aromatic N) is 3. The number of aromatic nitrogens is 2. The Kier molecular flexibility index (Phi) is 4.26. The smallest absolute Gasteiger partial charge is 0.361 e. The van der Waals surface area contributed by atoms with Gasteiger partial charge in [0.2, 0.25) is 5.91 Å². The maximum atomic E-state index is 12.1. The molecular formula is C13H20N4O3. The molecule has 1 heterocycles. The van der Waals surface area contributed by atoms with Crippen LogP contribution in [0.15, 0.2) is 6.20 Å². The Hall–Kier alpha value is -2.05. The lowest BCUT2D eigenvalue weighted by atomic mass is 10.4. The lowest BCUT2D eigenvalue weighted by Gasteiger charge is -2.20. The Morgan fingerprint density at radius 1 is 1.50 bits per heavy atom. The van der Waals surface area contributed by atoms with Gasteiger partial charge in [-0.25, -0.2) is 4.79 Å². The number of hydrogen-bond acceptors (Lipinski definition) is 5. The van der Waals surface area contributed by atoms with Gasteiger partial charge < -0.3 is 15.4 Å². The van der Waals surface area contributed by atoms with Crippen LogP contribution in [0.5, 0.6) is 0 Å². The van der Waals surface area contributed by atoms with E-state index in [1.807, 2.05) is 11.8 Å². The maximum absolute atomic E-state index is 12.1. The summed E-state index contributed by atoms with van der Waals surface area (Å²) in [5.74, 6) is -0.571. The molecule has 0 aliphatic heterocycles. The normalized spacial score (nSPS) is 14.1. The van der Waals surface area contributed by atoms with Gasteiger partial charge in [0.25, 0.3) is 0 Å². The third-order valence-electron chi connectivity index (χ3n) is 3.20. The Morgan fingerprint density at radius 2 is 2.20 bits per heavy atom. The van der Waals surface area contributed by atoms with Gasteiger partial charge in [0, 0.05) is 18.8 Å². The molecule has 0 spiro atoms. The van der Waals surface area contributed by atoms with Crippen LogP contribution in [-0.4, -0.2) is 45.8 Å². The fourth-order valence-corrected chi connectivity index (χ4v) is 2.13. The molecule has 0 bridgehead atoms. The van der Waals surface area contributed by atoms with Crippen molar-refractivity contribution < 1.29 is 14.3 Å². The molecule has 1 aliphatic carbocycles. The van der Waals surface area contributed by atoms with E-state index < -0.39 is 5.97 Å². The number of nitrogen functional groups attached to an aromatic ring is 1. The lowest BCUT2D eigenvalue weighted by Crippen LogP contribution is -2.35. The molecule has 0 aromatic carbocycles. The van der Waals surface area contributed by atoms with E-state index in [2.05, 4.69) is 5.10 Å². The lowest BCUT2D eigenvalue weighted by molar-refractivity contribution is -0.132. The summed E-state index contributed by atoms with van der Waals surface area (Å²) in [6.45, 7) is 4.70. The summed E-state index contributed by atoms with van der Waals surface area (Å²) in [4.78, 5) is 25.6. The minimum atomic E-state index is -0.564. The van der Waals surface area contributed by atoms with Gasteiger partial charge in [0.15, 0.2) is 5.69 Å². The molecule has 1 aromatic heterocycles. The van der Waals surface area contributed by atoms with Crippen molar-refractivity contribution in [1.29, 1.82) is 0 Å². The summed E-state index contributed by atoms with van der Waals surface area (Å²) in [5, 5.41) is 4.03. The summed E-state index contributed by atoms with van der Waals surface area (Å²) in [7, 11) is 0. The van der Waals surface area contributed by atoms with Gasteiger partial charge in [0.05, 0.1) is 12.3 Å². The number of likely N-dealkylation sites (N-methyl/N-ethyl adjacent to an activating group) is 1. The highest BCUT2D eigenvalue weighted by atomic mass is 16.5. The van der Waals surface area contributed by atoms with E-state index in [1.54, 1.807) is 6.92 Å². The van der Waals surface area contributed by atoms with Gasteiger partial charge in [-0.15, -0.1) is 0 Å². The molecule has 7 heteroatoms. The fourth-order valence-electron chi connectivity index (χ4n) is 2.13. The number of rotatable bonds is 6. The molecule has 1 amide bonds. The molecule has 1 fully saturated rings. The highest BCUT2D eigenvalue weighted by Gasteiger charge is 2.31. The van der Waals surface area contributed by atoms with Gasteiger partial charge in [-0.2, -0.15) is 5.10 Å². The Balaban J connectivity index is 2.04. The monoisotopic (exact) mass is 280 g/mol. The predicted octanol–water partition coefficient (Wildman–Crippen LogP) is 0.653. The predicted molar refractivity (Wildman–Crippen MR) is 73.0 cm³/mol. The topological polar surface area (TPSA) is 90.4 Å². The molecule has 1 aromatic rings. The fraction of sp³-hybridized carbons (Fsp3) is 0.615. The van der Waals surface area contributed by atoms with Crippen molar-refractivity contribution in [2.24, 2.45) is 0 Å². The van der Waals surface area contributed by atoms with Crippen LogP contribution < -0.4 is 5.73 Å². The Morgan fingerprint density at radius 3 is 2.75 bits per heavy atom. The summed E-state index contributed by atoms with van der Waals surface area (Å²) < 4.78 is 6.25. The van der Waals surface area contributed by atoms with Crippen molar-refractivity contribution in [3.63, 3.8) is 0 Å². The van der Waals surface area contributed by atoms with Gasteiger partial charge >= 0.3 is 5.97 Å². The number of carbonyl (C=O) groups excluding carboxylic acids is 2. The zero-order valence-electron chi connectivity index (χ0n) is 11.8. The highest BCUT2D eigenvalue weighted by Crippen LogP contribution is 2.26. The number of esters is 1. The first kappa shape index (κ1) is 14.4. The zero-order chi connectivity index (χ0) is 14.7. The first-order chi connectivity index (χ1) is 9.56. The van der Waals surface area contributed by atoms with Crippen molar-refractivity contribution in [2.45, 2.75) is 39.3 Å². The largest absolute Gasteiger partial charge is 0.461 e. The van der Waals surface area contributed by atoms with Crippen LogP contribution in [0.1, 0.15) is 37.2 Å². The van der Waals surface area contributed by atoms with E-state index in [9.17, 15) is 9.59 Å². The molecule has 20 heavy (non-hydrogen) atoms. The standard InChI is InChI=1S/C13H20N4O3/c1-3-17(9-5-6-9)11(18)8-16-7-10(14)12(15-16)13(19)20-4-2/h7,9H,3-6,8,14H2,1-2H3. The third-order valence-corrected chi connectivity index (χ3v) is 3.20. The van der Waals surface area contributed by atoms with Gasteiger partial charge in [-0.3, -0.25) is 9.48 Å². The second kappa shape index (κ2) is 5.94. The zero-order valence-corrected chi connectivity index (χ0v) is 11.8. The molecule has 1 saturated carbocycles. The molecule has 0 unspecified atom stereocenters. The van der Waals surface area contributed by atoms with E-state index in [4.69, 9.17) is 10.5 Å². The van der Waals surface area contributed by atoms with Gasteiger partial charge in [-0.1, -0.05) is 0 Å². The van der Waals surface area contributed by atoms with Crippen molar-refractivity contribution in [3.05, 3.63) is 11.9 Å². The third kappa shape index (κ3) is 3.09. The molecule has 2 rings (SSSR count). The second-order valence-electron chi connectivity index (χ2n) is 4.76. The minimum absolute atomic E-state index is 0.00657. The van der Waals surface area contributed by atoms with E-state index in [0.29, 0.717) is 12.6 Å². The quantitative estimate of drug-likeness (QED) is 0.773. The van der Waals surface area contributed by atoms with Crippen LogP contribution in [0, 0.1) is 0 Å². The second-order valence-corrected chi connectivity index (χ2v) is 4.76. The first-order valence-electron chi connectivity index (χ1n) is 6.86. The van der Waals surface area contributed by atoms with Crippen molar-refractivity contribution >= 4 is 17.6 Å². The Bertz CT molecular complexity index is 508. The van der Waals surface area contributed by atoms with Crippen molar-refractivity contribution in [3.8, 4) is 0 Å². The summed E-state index contributed by atoms with van der Waals surface area (Å²) in [6, 6.07) is 0.366. The SMILES string of the molecule is CCOC(=O)c1nn(CC(=O)N(CC)C2CC2)cc1N. The molecule has 7 nitrogen and oxygen atoms in total. The van der Waals surface area contributed by atoms with E-state index >= 15 is 0 Å². The molecule has 2 N–H and O–H groups in total. The van der Waals surface area contributed by atoms with Crippen LogP contribution in [0.25, 0.3) is 0 Å².